The molecular formula is C20H21Cl3N2O. The van der Waals surface area contributed by atoms with Crippen LogP contribution in [0.4, 0.5) is 0 Å². The Bertz CT molecular complexity index is 750. The number of nitrogens with one attached hydrogen (secondary N) is 1. The minimum atomic E-state index is 0. The van der Waals surface area contributed by atoms with Crippen LogP contribution < -0.4 is 10.1 Å². The summed E-state index contributed by atoms with van der Waals surface area (Å²) in [6.45, 7) is 2.10. The summed E-state index contributed by atoms with van der Waals surface area (Å²) in [5.41, 5.74) is 3.35. The fraction of sp³-hybridized carbons (Fsp3) is 0.150. The summed E-state index contributed by atoms with van der Waals surface area (Å²) in [4.78, 5) is 4.29. The van der Waals surface area contributed by atoms with Gasteiger partial charge < -0.3 is 10.1 Å². The molecule has 0 fully saturated rings. The van der Waals surface area contributed by atoms with Gasteiger partial charge >= 0.3 is 0 Å². The van der Waals surface area contributed by atoms with Crippen molar-refractivity contribution >= 4 is 36.4 Å². The van der Waals surface area contributed by atoms with E-state index in [0.717, 1.165) is 35.1 Å². The lowest BCUT2D eigenvalue weighted by atomic mass is 10.2. The minimum Gasteiger partial charge on any atom is -0.489 e. The number of pyridine rings is 1. The van der Waals surface area contributed by atoms with E-state index >= 15 is 0 Å². The third-order valence-electron chi connectivity index (χ3n) is 3.60. The lowest BCUT2D eigenvalue weighted by Gasteiger charge is -2.08. The quantitative estimate of drug-likeness (QED) is 0.561. The minimum absolute atomic E-state index is 0. The molecule has 0 aliphatic rings. The number of aromatic nitrogens is 1. The van der Waals surface area contributed by atoms with Crippen molar-refractivity contribution in [2.45, 2.75) is 19.7 Å². The molecule has 1 aromatic heterocycles. The van der Waals surface area contributed by atoms with Gasteiger partial charge in [0, 0.05) is 24.3 Å². The van der Waals surface area contributed by atoms with E-state index in [9.17, 15) is 0 Å². The van der Waals surface area contributed by atoms with Gasteiger partial charge in [-0.25, -0.2) is 0 Å². The molecule has 0 saturated carbocycles. The van der Waals surface area contributed by atoms with Crippen LogP contribution >= 0.6 is 36.4 Å². The summed E-state index contributed by atoms with van der Waals surface area (Å²) in [6.07, 6.45) is 1.81. The molecule has 0 aliphatic heterocycles. The molecule has 0 atom stereocenters. The first-order valence-corrected chi connectivity index (χ1v) is 8.24. The molecule has 3 rings (SSSR count). The highest BCUT2D eigenvalue weighted by Gasteiger charge is 1.99. The maximum atomic E-state index is 5.88. The Morgan fingerprint density at radius 2 is 1.50 bits per heavy atom. The van der Waals surface area contributed by atoms with E-state index in [1.807, 2.05) is 60.8 Å². The van der Waals surface area contributed by atoms with E-state index in [4.69, 9.17) is 16.3 Å². The second-order valence-corrected chi connectivity index (χ2v) is 5.92. The Morgan fingerprint density at radius 3 is 2.15 bits per heavy atom. The van der Waals surface area contributed by atoms with Crippen molar-refractivity contribution in [3.05, 3.63) is 94.8 Å². The van der Waals surface area contributed by atoms with Gasteiger partial charge in [-0.3, -0.25) is 4.98 Å². The zero-order valence-electron chi connectivity index (χ0n) is 14.1. The van der Waals surface area contributed by atoms with Crippen molar-refractivity contribution in [3.8, 4) is 5.75 Å². The molecule has 1 heterocycles. The van der Waals surface area contributed by atoms with Gasteiger partial charge in [0.15, 0.2) is 0 Å². The molecule has 0 aliphatic carbocycles. The topological polar surface area (TPSA) is 34.1 Å². The molecule has 0 unspecified atom stereocenters. The van der Waals surface area contributed by atoms with Gasteiger partial charge in [-0.05, 0) is 47.5 Å². The Hall–Kier alpha value is -1.78. The van der Waals surface area contributed by atoms with Crippen molar-refractivity contribution in [1.29, 1.82) is 0 Å². The van der Waals surface area contributed by atoms with Crippen molar-refractivity contribution in [2.24, 2.45) is 0 Å². The van der Waals surface area contributed by atoms with Crippen LogP contribution in [0.1, 0.15) is 16.8 Å². The first-order chi connectivity index (χ1) is 11.8. The normalized spacial score (nSPS) is 9.73. The Labute approximate surface area is 171 Å². The summed E-state index contributed by atoms with van der Waals surface area (Å²) in [6, 6.07) is 21.8. The standard InChI is InChI=1S/C20H19ClN2O.2ClH/c21-18-8-4-17(5-9-18)15-24-20-10-6-16(7-11-20)13-22-14-19-3-1-2-12-23-19;;/h1-12,22H,13-15H2;2*1H. The molecule has 6 heteroatoms. The molecule has 1 N–H and O–H groups in total. The molecule has 0 radical (unpaired) electrons. The van der Waals surface area contributed by atoms with Crippen molar-refractivity contribution in [2.75, 3.05) is 0 Å². The van der Waals surface area contributed by atoms with E-state index in [2.05, 4.69) is 22.4 Å². The van der Waals surface area contributed by atoms with E-state index in [1.54, 1.807) is 0 Å². The summed E-state index contributed by atoms with van der Waals surface area (Å²) < 4.78 is 5.79. The molecule has 0 bridgehead atoms. The van der Waals surface area contributed by atoms with E-state index in [1.165, 1.54) is 5.56 Å². The number of halogens is 3. The predicted octanol–water partition coefficient (Wildman–Crippen LogP) is 5.45. The van der Waals surface area contributed by atoms with Crippen molar-refractivity contribution in [1.82, 2.24) is 10.3 Å². The number of hydrogen-bond acceptors (Lipinski definition) is 3. The van der Waals surface area contributed by atoms with Gasteiger partial charge in [0.25, 0.3) is 0 Å². The Morgan fingerprint density at radius 1 is 0.808 bits per heavy atom. The third-order valence-corrected chi connectivity index (χ3v) is 3.86. The molecule has 3 aromatic rings. The number of benzene rings is 2. The smallest absolute Gasteiger partial charge is 0.119 e. The van der Waals surface area contributed by atoms with Crippen LogP contribution in [0.15, 0.2) is 72.9 Å². The highest BCUT2D eigenvalue weighted by atomic mass is 35.5. The summed E-state index contributed by atoms with van der Waals surface area (Å²) >= 11 is 5.88. The summed E-state index contributed by atoms with van der Waals surface area (Å²) in [7, 11) is 0. The average molecular weight is 412 g/mol. The van der Waals surface area contributed by atoms with E-state index in [-0.39, 0.29) is 24.8 Å². The van der Waals surface area contributed by atoms with Gasteiger partial charge in [-0.2, -0.15) is 0 Å². The van der Waals surface area contributed by atoms with Crippen LogP contribution in [0.25, 0.3) is 0 Å². The number of rotatable bonds is 7. The zero-order valence-corrected chi connectivity index (χ0v) is 16.5. The fourth-order valence-corrected chi connectivity index (χ4v) is 2.41. The summed E-state index contributed by atoms with van der Waals surface area (Å²) in [5.74, 6) is 0.860. The van der Waals surface area contributed by atoms with Crippen LogP contribution in [0.3, 0.4) is 0 Å². The first kappa shape index (κ1) is 22.3. The second kappa shape index (κ2) is 11.8. The van der Waals surface area contributed by atoms with E-state index < -0.39 is 0 Å². The molecule has 138 valence electrons. The molecular weight excluding hydrogens is 391 g/mol. The van der Waals surface area contributed by atoms with Crippen molar-refractivity contribution in [3.63, 3.8) is 0 Å². The summed E-state index contributed by atoms with van der Waals surface area (Å²) in [5, 5.41) is 4.12. The van der Waals surface area contributed by atoms with Gasteiger partial charge in [-0.15, -0.1) is 24.8 Å². The number of ether oxygens (including phenoxy) is 1. The third kappa shape index (κ3) is 7.22. The van der Waals surface area contributed by atoms with Gasteiger partial charge in [0.05, 0.1) is 5.69 Å². The molecule has 0 saturated heterocycles. The lowest BCUT2D eigenvalue weighted by molar-refractivity contribution is 0.306. The van der Waals surface area contributed by atoms with Crippen LogP contribution in [-0.4, -0.2) is 4.98 Å². The lowest BCUT2D eigenvalue weighted by Crippen LogP contribution is -2.13. The maximum absolute atomic E-state index is 5.88. The molecule has 3 nitrogen and oxygen atoms in total. The highest BCUT2D eigenvalue weighted by Crippen LogP contribution is 2.15. The SMILES string of the molecule is Cl.Cl.Clc1ccc(COc2ccc(CNCc3ccccn3)cc2)cc1. The first-order valence-electron chi connectivity index (χ1n) is 7.86. The highest BCUT2D eigenvalue weighted by molar-refractivity contribution is 6.30. The maximum Gasteiger partial charge on any atom is 0.119 e. The van der Waals surface area contributed by atoms with Crippen LogP contribution in [0.5, 0.6) is 5.75 Å². The molecule has 0 spiro atoms. The monoisotopic (exact) mass is 410 g/mol. The number of nitrogens with zero attached hydrogens (tertiary/aromatic N) is 1. The molecule has 26 heavy (non-hydrogen) atoms. The fourth-order valence-electron chi connectivity index (χ4n) is 2.29. The van der Waals surface area contributed by atoms with Crippen LogP contribution in [0, 0.1) is 0 Å². The molecule has 0 amide bonds. The van der Waals surface area contributed by atoms with Gasteiger partial charge in [0.2, 0.25) is 0 Å². The molecule has 2 aromatic carbocycles. The predicted molar refractivity (Wildman–Crippen MR) is 112 cm³/mol. The van der Waals surface area contributed by atoms with Gasteiger partial charge in [0.1, 0.15) is 12.4 Å². The largest absolute Gasteiger partial charge is 0.489 e. The Kier molecular flexibility index (Phi) is 10.1. The Balaban J connectivity index is 0.00000169. The average Bonchev–Trinajstić information content (AvgIpc) is 2.63. The van der Waals surface area contributed by atoms with Gasteiger partial charge in [-0.1, -0.05) is 41.9 Å². The zero-order chi connectivity index (χ0) is 16.6. The van der Waals surface area contributed by atoms with E-state index in [0.29, 0.717) is 6.61 Å². The van der Waals surface area contributed by atoms with Crippen LogP contribution in [0.2, 0.25) is 5.02 Å². The number of hydrogen-bond donors (Lipinski definition) is 1. The second-order valence-electron chi connectivity index (χ2n) is 5.48. The van der Waals surface area contributed by atoms with Crippen molar-refractivity contribution < 1.29 is 4.74 Å². The van der Waals surface area contributed by atoms with Crippen LogP contribution in [-0.2, 0) is 19.7 Å².